The Morgan fingerprint density at radius 2 is 1.86 bits per heavy atom. The van der Waals surface area contributed by atoms with Crippen LogP contribution in [0.2, 0.25) is 0 Å². The highest BCUT2D eigenvalue weighted by molar-refractivity contribution is 5.96. The van der Waals surface area contributed by atoms with Gasteiger partial charge in [0.15, 0.2) is 5.78 Å². The van der Waals surface area contributed by atoms with Crippen LogP contribution in [0.1, 0.15) is 22.8 Å². The third-order valence-electron chi connectivity index (χ3n) is 3.07. The summed E-state index contributed by atoms with van der Waals surface area (Å²) in [5, 5.41) is 0. The summed E-state index contributed by atoms with van der Waals surface area (Å²) >= 11 is 0. The summed E-state index contributed by atoms with van der Waals surface area (Å²) in [7, 11) is 1.66. The Morgan fingerprint density at radius 1 is 1.14 bits per heavy atom. The molecule has 0 amide bonds. The van der Waals surface area contributed by atoms with Crippen molar-refractivity contribution < 1.29 is 18.7 Å². The first-order valence-corrected chi connectivity index (χ1v) is 6.66. The van der Waals surface area contributed by atoms with Crippen LogP contribution in [0.15, 0.2) is 42.5 Å². The average Bonchev–Trinajstić information content (AvgIpc) is 2.48. The minimum absolute atomic E-state index is 0.235. The number of methoxy groups -OCH3 is 1. The third kappa shape index (κ3) is 4.13. The molecule has 0 unspecified atom stereocenters. The molecule has 2 aromatic carbocycles. The van der Waals surface area contributed by atoms with E-state index in [0.717, 1.165) is 12.0 Å². The summed E-state index contributed by atoms with van der Waals surface area (Å²) in [4.78, 5) is 11.5. The maximum atomic E-state index is 13.2. The van der Waals surface area contributed by atoms with Crippen LogP contribution in [-0.4, -0.2) is 19.5 Å². The van der Waals surface area contributed by atoms with E-state index in [1.165, 1.54) is 25.1 Å². The van der Waals surface area contributed by atoms with Gasteiger partial charge in [-0.25, -0.2) is 4.39 Å². The number of hydrogen-bond donors (Lipinski definition) is 0. The lowest BCUT2D eigenvalue weighted by molar-refractivity contribution is 0.101. The van der Waals surface area contributed by atoms with Crippen molar-refractivity contribution >= 4 is 5.78 Å². The zero-order chi connectivity index (χ0) is 15.2. The summed E-state index contributed by atoms with van der Waals surface area (Å²) in [6.45, 7) is 2.04. The normalized spacial score (nSPS) is 10.4. The van der Waals surface area contributed by atoms with Gasteiger partial charge in [-0.1, -0.05) is 12.1 Å². The molecule has 0 atom stereocenters. The van der Waals surface area contributed by atoms with E-state index >= 15 is 0 Å². The summed E-state index contributed by atoms with van der Waals surface area (Å²) in [6, 6.07) is 11.4. The topological polar surface area (TPSA) is 35.5 Å². The number of benzene rings is 2. The van der Waals surface area contributed by atoms with E-state index in [9.17, 15) is 9.18 Å². The summed E-state index contributed by atoms with van der Waals surface area (Å²) in [5.41, 5.74) is 1.37. The van der Waals surface area contributed by atoms with Gasteiger partial charge in [0.05, 0.1) is 12.2 Å². The maximum Gasteiger partial charge on any atom is 0.163 e. The fraction of sp³-hybridized carbons (Fsp3) is 0.235. The average molecular weight is 288 g/mol. The van der Waals surface area contributed by atoms with Crippen molar-refractivity contribution in [3.8, 4) is 11.5 Å². The minimum Gasteiger partial charge on any atom is -0.457 e. The van der Waals surface area contributed by atoms with Gasteiger partial charge >= 0.3 is 0 Å². The molecule has 0 saturated heterocycles. The van der Waals surface area contributed by atoms with Crippen molar-refractivity contribution in [3.05, 3.63) is 59.4 Å². The van der Waals surface area contributed by atoms with Gasteiger partial charge in [-0.05, 0) is 49.2 Å². The molecule has 0 aliphatic rings. The first kappa shape index (κ1) is 15.2. The molecule has 0 bridgehead atoms. The molecule has 0 aliphatic heterocycles. The van der Waals surface area contributed by atoms with Crippen LogP contribution in [0.25, 0.3) is 0 Å². The van der Waals surface area contributed by atoms with Gasteiger partial charge < -0.3 is 9.47 Å². The molecule has 2 rings (SSSR count). The molecule has 0 aliphatic carbocycles. The number of carbonyl (C=O) groups excluding carboxylic acids is 1. The standard InChI is InChI=1S/C17H17FO3/c1-12(19)16-11-14(18)5-8-17(16)21-15-6-3-13(4-7-15)9-10-20-2/h3-8,11H,9-10H2,1-2H3. The lowest BCUT2D eigenvalue weighted by Crippen LogP contribution is -1.98. The molecular formula is C17H17FO3. The number of ether oxygens (including phenoxy) is 2. The van der Waals surface area contributed by atoms with E-state index in [0.29, 0.717) is 18.1 Å². The lowest BCUT2D eigenvalue weighted by Gasteiger charge is -2.10. The third-order valence-corrected chi connectivity index (χ3v) is 3.07. The van der Waals surface area contributed by atoms with Crippen LogP contribution in [0, 0.1) is 5.82 Å². The van der Waals surface area contributed by atoms with Crippen LogP contribution in [0.5, 0.6) is 11.5 Å². The first-order chi connectivity index (χ1) is 10.1. The van der Waals surface area contributed by atoms with E-state index in [1.807, 2.05) is 24.3 Å². The van der Waals surface area contributed by atoms with Gasteiger partial charge in [0.2, 0.25) is 0 Å². The Kier molecular flexibility index (Phi) is 5.06. The molecule has 0 aromatic heterocycles. The second-order valence-electron chi connectivity index (χ2n) is 4.69. The molecule has 110 valence electrons. The zero-order valence-electron chi connectivity index (χ0n) is 12.1. The van der Waals surface area contributed by atoms with Crippen LogP contribution in [0.4, 0.5) is 4.39 Å². The fourth-order valence-corrected chi connectivity index (χ4v) is 1.94. The number of ketones is 1. The van der Waals surface area contributed by atoms with E-state index in [1.54, 1.807) is 7.11 Å². The minimum atomic E-state index is -0.456. The number of rotatable bonds is 6. The first-order valence-electron chi connectivity index (χ1n) is 6.66. The van der Waals surface area contributed by atoms with Crippen molar-refractivity contribution in [2.24, 2.45) is 0 Å². The van der Waals surface area contributed by atoms with Crippen molar-refractivity contribution in [1.82, 2.24) is 0 Å². The lowest BCUT2D eigenvalue weighted by atomic mass is 10.1. The highest BCUT2D eigenvalue weighted by atomic mass is 19.1. The zero-order valence-corrected chi connectivity index (χ0v) is 12.1. The Labute approximate surface area is 123 Å². The molecule has 21 heavy (non-hydrogen) atoms. The highest BCUT2D eigenvalue weighted by Crippen LogP contribution is 2.26. The number of carbonyl (C=O) groups is 1. The molecule has 0 fully saturated rings. The quantitative estimate of drug-likeness (QED) is 0.753. The van der Waals surface area contributed by atoms with E-state index in [-0.39, 0.29) is 11.3 Å². The molecule has 3 nitrogen and oxygen atoms in total. The number of halogens is 1. The second kappa shape index (κ2) is 6.99. The van der Waals surface area contributed by atoms with Gasteiger partial charge in [-0.2, -0.15) is 0 Å². The van der Waals surface area contributed by atoms with Crippen LogP contribution >= 0.6 is 0 Å². The Hall–Kier alpha value is -2.20. The molecule has 4 heteroatoms. The Morgan fingerprint density at radius 3 is 2.48 bits per heavy atom. The summed E-state index contributed by atoms with van der Waals surface area (Å²) in [6.07, 6.45) is 0.825. The van der Waals surface area contributed by atoms with Crippen molar-refractivity contribution in [2.45, 2.75) is 13.3 Å². The van der Waals surface area contributed by atoms with Gasteiger partial charge in [0, 0.05) is 7.11 Å². The van der Waals surface area contributed by atoms with E-state index < -0.39 is 5.82 Å². The van der Waals surface area contributed by atoms with Gasteiger partial charge in [0.1, 0.15) is 17.3 Å². The molecule has 0 radical (unpaired) electrons. The molecule has 0 N–H and O–H groups in total. The van der Waals surface area contributed by atoms with E-state index in [2.05, 4.69) is 0 Å². The van der Waals surface area contributed by atoms with Gasteiger partial charge in [-0.3, -0.25) is 4.79 Å². The van der Waals surface area contributed by atoms with Gasteiger partial charge in [0.25, 0.3) is 0 Å². The molecular weight excluding hydrogens is 271 g/mol. The maximum absolute atomic E-state index is 13.2. The van der Waals surface area contributed by atoms with Crippen molar-refractivity contribution in [1.29, 1.82) is 0 Å². The number of hydrogen-bond acceptors (Lipinski definition) is 3. The fourth-order valence-electron chi connectivity index (χ4n) is 1.94. The van der Waals surface area contributed by atoms with E-state index in [4.69, 9.17) is 9.47 Å². The SMILES string of the molecule is COCCc1ccc(Oc2ccc(F)cc2C(C)=O)cc1. The molecule has 0 saturated carbocycles. The molecule has 2 aromatic rings. The van der Waals surface area contributed by atoms with Crippen molar-refractivity contribution in [3.63, 3.8) is 0 Å². The molecule has 0 heterocycles. The number of Topliss-reactive ketones (excluding diaryl/α,β-unsaturated/α-hetero) is 1. The summed E-state index contributed by atoms with van der Waals surface area (Å²) in [5.74, 6) is 0.266. The monoisotopic (exact) mass is 288 g/mol. The Balaban J connectivity index is 2.16. The predicted octanol–water partition coefficient (Wildman–Crippen LogP) is 4.01. The van der Waals surface area contributed by atoms with Crippen LogP contribution in [-0.2, 0) is 11.2 Å². The summed E-state index contributed by atoms with van der Waals surface area (Å²) < 4.78 is 23.9. The van der Waals surface area contributed by atoms with Crippen LogP contribution in [0.3, 0.4) is 0 Å². The molecule has 0 spiro atoms. The highest BCUT2D eigenvalue weighted by Gasteiger charge is 2.10. The Bertz CT molecular complexity index is 620. The predicted molar refractivity (Wildman–Crippen MR) is 78.5 cm³/mol. The largest absolute Gasteiger partial charge is 0.457 e. The second-order valence-corrected chi connectivity index (χ2v) is 4.69. The van der Waals surface area contributed by atoms with Crippen molar-refractivity contribution in [2.75, 3.05) is 13.7 Å². The van der Waals surface area contributed by atoms with Crippen LogP contribution < -0.4 is 4.74 Å². The van der Waals surface area contributed by atoms with Gasteiger partial charge in [-0.15, -0.1) is 0 Å². The smallest absolute Gasteiger partial charge is 0.163 e.